The van der Waals surface area contributed by atoms with E-state index in [1.807, 2.05) is 42.5 Å². The SMILES string of the molecule is N#CCC(=O)N/N=C/c1cc(I)c(OCc2ccccc2)c(I)c1. The highest BCUT2D eigenvalue weighted by Crippen LogP contribution is 2.29. The molecule has 5 nitrogen and oxygen atoms in total. The second-order valence-electron chi connectivity index (χ2n) is 4.72. The number of amides is 1. The molecule has 0 unspecified atom stereocenters. The van der Waals surface area contributed by atoms with E-state index >= 15 is 0 Å². The monoisotopic (exact) mass is 545 g/mol. The first-order valence-electron chi connectivity index (χ1n) is 6.95. The third-order valence-corrected chi connectivity index (χ3v) is 4.49. The van der Waals surface area contributed by atoms with Crippen LogP contribution >= 0.6 is 45.2 Å². The van der Waals surface area contributed by atoms with Gasteiger partial charge in [-0.3, -0.25) is 4.79 Å². The number of nitrogens with one attached hydrogen (secondary N) is 1. The van der Waals surface area contributed by atoms with Gasteiger partial charge in [-0.1, -0.05) is 30.3 Å². The van der Waals surface area contributed by atoms with E-state index in [-0.39, 0.29) is 6.42 Å². The maximum absolute atomic E-state index is 11.2. The molecule has 0 radical (unpaired) electrons. The van der Waals surface area contributed by atoms with Crippen molar-refractivity contribution in [1.29, 1.82) is 5.26 Å². The minimum atomic E-state index is -0.430. The Morgan fingerprint density at radius 3 is 2.54 bits per heavy atom. The highest BCUT2D eigenvalue weighted by atomic mass is 127. The molecular formula is C17H13I2N3O2. The lowest BCUT2D eigenvalue weighted by atomic mass is 10.2. The molecule has 0 heterocycles. The Morgan fingerprint density at radius 2 is 1.92 bits per heavy atom. The van der Waals surface area contributed by atoms with Crippen molar-refractivity contribution in [3.63, 3.8) is 0 Å². The Kier molecular flexibility index (Phi) is 7.45. The van der Waals surface area contributed by atoms with Crippen LogP contribution in [0.5, 0.6) is 5.75 Å². The summed E-state index contributed by atoms with van der Waals surface area (Å²) in [6.07, 6.45) is 1.33. The van der Waals surface area contributed by atoms with Crippen LogP contribution < -0.4 is 10.2 Å². The first-order valence-corrected chi connectivity index (χ1v) is 9.10. The number of carbonyl (C=O) groups excluding carboxylic acids is 1. The lowest BCUT2D eigenvalue weighted by Crippen LogP contribution is -2.16. The molecule has 0 aliphatic heterocycles. The maximum Gasteiger partial charge on any atom is 0.254 e. The molecule has 24 heavy (non-hydrogen) atoms. The molecule has 0 aliphatic rings. The summed E-state index contributed by atoms with van der Waals surface area (Å²) in [6.45, 7) is 0.504. The first kappa shape index (κ1) is 18.7. The molecule has 2 aromatic carbocycles. The number of carbonyl (C=O) groups is 1. The minimum Gasteiger partial charge on any atom is -0.487 e. The van der Waals surface area contributed by atoms with Gasteiger partial charge in [0.25, 0.3) is 5.91 Å². The summed E-state index contributed by atoms with van der Waals surface area (Å²) in [5.41, 5.74) is 4.25. The van der Waals surface area contributed by atoms with Gasteiger partial charge in [0.15, 0.2) is 0 Å². The molecular weight excluding hydrogens is 532 g/mol. The number of halogens is 2. The lowest BCUT2D eigenvalue weighted by molar-refractivity contribution is -0.120. The number of nitriles is 1. The van der Waals surface area contributed by atoms with Gasteiger partial charge >= 0.3 is 0 Å². The molecule has 2 rings (SSSR count). The largest absolute Gasteiger partial charge is 0.487 e. The van der Waals surface area contributed by atoms with Crippen LogP contribution in [0.4, 0.5) is 0 Å². The molecule has 1 amide bonds. The molecule has 0 saturated carbocycles. The summed E-state index contributed by atoms with van der Waals surface area (Å²) in [5.74, 6) is 0.395. The molecule has 122 valence electrons. The van der Waals surface area contributed by atoms with Crippen LogP contribution in [0.2, 0.25) is 0 Å². The fourth-order valence-electron chi connectivity index (χ4n) is 1.81. The van der Waals surface area contributed by atoms with E-state index in [0.29, 0.717) is 6.61 Å². The Morgan fingerprint density at radius 1 is 1.25 bits per heavy atom. The van der Waals surface area contributed by atoms with E-state index in [2.05, 4.69) is 55.7 Å². The second kappa shape index (κ2) is 9.58. The number of nitrogens with zero attached hydrogens (tertiary/aromatic N) is 2. The summed E-state index contributed by atoms with van der Waals surface area (Å²) in [4.78, 5) is 11.2. The van der Waals surface area contributed by atoms with Crippen LogP contribution in [-0.2, 0) is 11.4 Å². The molecule has 2 aromatic rings. The fourth-order valence-corrected chi connectivity index (χ4v) is 3.94. The van der Waals surface area contributed by atoms with Crippen molar-refractivity contribution in [2.45, 2.75) is 13.0 Å². The Labute approximate surface area is 167 Å². The number of hydrazone groups is 1. The smallest absolute Gasteiger partial charge is 0.254 e. The van der Waals surface area contributed by atoms with Crippen LogP contribution in [0.1, 0.15) is 17.5 Å². The van der Waals surface area contributed by atoms with E-state index in [4.69, 9.17) is 10.00 Å². The molecule has 0 bridgehead atoms. The van der Waals surface area contributed by atoms with Crippen LogP contribution in [0.3, 0.4) is 0 Å². The van der Waals surface area contributed by atoms with E-state index < -0.39 is 5.91 Å². The standard InChI is InChI=1S/C17H13I2N3O2/c18-14-8-13(10-21-22-16(23)6-7-20)9-15(19)17(14)24-11-12-4-2-1-3-5-12/h1-5,8-10H,6,11H2,(H,22,23)/b21-10+. The molecule has 1 N–H and O–H groups in total. The van der Waals surface area contributed by atoms with Crippen LogP contribution in [0, 0.1) is 18.5 Å². The van der Waals surface area contributed by atoms with Gasteiger partial charge in [-0.15, -0.1) is 0 Å². The van der Waals surface area contributed by atoms with Gasteiger partial charge < -0.3 is 4.74 Å². The fraction of sp³-hybridized carbons (Fsp3) is 0.118. The van der Waals surface area contributed by atoms with Crippen molar-refractivity contribution < 1.29 is 9.53 Å². The topological polar surface area (TPSA) is 74.5 Å². The zero-order chi connectivity index (χ0) is 17.4. The van der Waals surface area contributed by atoms with Gasteiger partial charge in [0.2, 0.25) is 0 Å². The predicted molar refractivity (Wildman–Crippen MR) is 109 cm³/mol. The summed E-state index contributed by atoms with van der Waals surface area (Å²) in [5, 5.41) is 12.3. The van der Waals surface area contributed by atoms with Crippen molar-refractivity contribution >= 4 is 57.3 Å². The average molecular weight is 545 g/mol. The third-order valence-electron chi connectivity index (χ3n) is 2.89. The number of hydrogen-bond acceptors (Lipinski definition) is 4. The quantitative estimate of drug-likeness (QED) is 0.341. The summed E-state index contributed by atoms with van der Waals surface area (Å²) in [7, 11) is 0. The molecule has 0 aliphatic carbocycles. The Hall–Kier alpha value is -1.67. The van der Waals surface area contributed by atoms with E-state index in [9.17, 15) is 4.79 Å². The molecule has 0 saturated heterocycles. The molecule has 0 spiro atoms. The normalized spacial score (nSPS) is 10.4. The van der Waals surface area contributed by atoms with Crippen LogP contribution in [-0.4, -0.2) is 12.1 Å². The second-order valence-corrected chi connectivity index (χ2v) is 7.04. The Bertz CT molecular complexity index is 763. The van der Waals surface area contributed by atoms with Crippen molar-refractivity contribution in [3.8, 4) is 11.8 Å². The van der Waals surface area contributed by atoms with Crippen molar-refractivity contribution in [3.05, 3.63) is 60.7 Å². The van der Waals surface area contributed by atoms with Gasteiger partial charge in [-0.25, -0.2) is 5.43 Å². The van der Waals surface area contributed by atoms with Gasteiger partial charge in [0, 0.05) is 0 Å². The molecule has 0 aromatic heterocycles. The molecule has 7 heteroatoms. The van der Waals surface area contributed by atoms with Gasteiger partial charge in [-0.2, -0.15) is 10.4 Å². The maximum atomic E-state index is 11.2. The van der Waals surface area contributed by atoms with Gasteiger partial charge in [0.1, 0.15) is 18.8 Å². The van der Waals surface area contributed by atoms with E-state index in [1.165, 1.54) is 0 Å². The van der Waals surface area contributed by atoms with Gasteiger partial charge in [0.05, 0.1) is 19.4 Å². The van der Waals surface area contributed by atoms with Crippen LogP contribution in [0.15, 0.2) is 47.6 Å². The average Bonchev–Trinajstić information content (AvgIpc) is 2.55. The number of ether oxygens (including phenoxy) is 1. The number of hydrogen-bond donors (Lipinski definition) is 1. The highest BCUT2D eigenvalue weighted by molar-refractivity contribution is 14.1. The highest BCUT2D eigenvalue weighted by Gasteiger charge is 2.09. The van der Waals surface area contributed by atoms with Crippen LogP contribution in [0.25, 0.3) is 0 Å². The Balaban J connectivity index is 2.04. The van der Waals surface area contributed by atoms with Gasteiger partial charge in [-0.05, 0) is 68.4 Å². The van der Waals surface area contributed by atoms with E-state index in [0.717, 1.165) is 24.0 Å². The van der Waals surface area contributed by atoms with Crippen molar-refractivity contribution in [2.75, 3.05) is 0 Å². The zero-order valence-corrected chi connectivity index (χ0v) is 16.8. The number of rotatable bonds is 6. The lowest BCUT2D eigenvalue weighted by Gasteiger charge is -2.11. The first-order chi connectivity index (χ1) is 11.6. The number of benzene rings is 2. The predicted octanol–water partition coefficient (Wildman–Crippen LogP) is 3.84. The van der Waals surface area contributed by atoms with Crippen molar-refractivity contribution in [1.82, 2.24) is 5.43 Å². The zero-order valence-electron chi connectivity index (χ0n) is 12.5. The summed E-state index contributed by atoms with van der Waals surface area (Å²) >= 11 is 4.42. The molecule has 0 atom stereocenters. The minimum absolute atomic E-state index is 0.210. The van der Waals surface area contributed by atoms with Crippen molar-refractivity contribution in [2.24, 2.45) is 5.10 Å². The summed E-state index contributed by atoms with van der Waals surface area (Å²) < 4.78 is 7.84. The molecule has 0 fully saturated rings. The van der Waals surface area contributed by atoms with E-state index in [1.54, 1.807) is 12.3 Å². The summed E-state index contributed by atoms with van der Waals surface area (Å²) in [6, 6.07) is 15.6. The third kappa shape index (κ3) is 5.76.